The number of amides is 1. The third kappa shape index (κ3) is 5.34. The Morgan fingerprint density at radius 1 is 0.897 bits per heavy atom. The number of benzene rings is 2. The lowest BCUT2D eigenvalue weighted by Gasteiger charge is -2.36. The summed E-state index contributed by atoms with van der Waals surface area (Å²) in [6.07, 6.45) is 0. The topological polar surface area (TPSA) is 76.2 Å². The fraction of sp³-hybridized carbons (Fsp3) is 0.318. The lowest BCUT2D eigenvalue weighted by Crippen LogP contribution is -2.50. The Bertz CT molecular complexity index is 843. The number of anilines is 1. The number of Topliss-reactive ketones (excluding diaryl/α,β-unsaturated/α-hetero) is 1. The minimum atomic E-state index is -0.883. The number of esters is 1. The van der Waals surface area contributed by atoms with Crippen LogP contribution in [0, 0.1) is 0 Å². The maximum absolute atomic E-state index is 12.4. The summed E-state index contributed by atoms with van der Waals surface area (Å²) in [6, 6.07) is 16.2. The Kier molecular flexibility index (Phi) is 6.84. The molecule has 1 heterocycles. The highest BCUT2D eigenvalue weighted by Crippen LogP contribution is 2.16. The van der Waals surface area contributed by atoms with E-state index >= 15 is 0 Å². The Morgan fingerprint density at radius 2 is 1.55 bits per heavy atom. The van der Waals surface area contributed by atoms with Crippen LogP contribution < -0.4 is 9.64 Å². The van der Waals surface area contributed by atoms with Crippen LogP contribution in [0.4, 0.5) is 5.69 Å². The number of ether oxygens (including phenoxy) is 2. The van der Waals surface area contributed by atoms with Gasteiger partial charge in [-0.3, -0.25) is 9.59 Å². The minimum Gasteiger partial charge on any atom is -0.484 e. The molecular weight excluding hydrogens is 372 g/mol. The predicted octanol–water partition coefficient (Wildman–Crippen LogP) is 2.16. The van der Waals surface area contributed by atoms with Gasteiger partial charge in [0.25, 0.3) is 11.7 Å². The van der Waals surface area contributed by atoms with Crippen molar-refractivity contribution in [2.75, 3.05) is 44.3 Å². The van der Waals surface area contributed by atoms with Crippen molar-refractivity contribution in [2.24, 2.45) is 0 Å². The van der Waals surface area contributed by atoms with Gasteiger partial charge in [-0.05, 0) is 43.3 Å². The number of carbonyl (C=O) groups is 3. The SMILES string of the molecule is CCOC(=O)C(=O)c1ccc(OCC(=O)N2CCN(c3ccccc3)CC2)cc1. The van der Waals surface area contributed by atoms with Crippen LogP contribution >= 0.6 is 0 Å². The van der Waals surface area contributed by atoms with Crippen molar-refractivity contribution in [3.05, 3.63) is 60.2 Å². The molecule has 152 valence electrons. The Morgan fingerprint density at radius 3 is 2.17 bits per heavy atom. The van der Waals surface area contributed by atoms with Crippen LogP contribution in [-0.4, -0.2) is 62.0 Å². The second-order valence-corrected chi connectivity index (χ2v) is 6.57. The second kappa shape index (κ2) is 9.73. The first-order valence-corrected chi connectivity index (χ1v) is 9.60. The van der Waals surface area contributed by atoms with Crippen LogP contribution in [0.25, 0.3) is 0 Å². The van der Waals surface area contributed by atoms with E-state index in [9.17, 15) is 14.4 Å². The Balaban J connectivity index is 1.46. The van der Waals surface area contributed by atoms with Crippen molar-refractivity contribution in [1.29, 1.82) is 0 Å². The van der Waals surface area contributed by atoms with Crippen molar-refractivity contribution in [1.82, 2.24) is 4.90 Å². The van der Waals surface area contributed by atoms with Crippen molar-refractivity contribution >= 4 is 23.3 Å². The summed E-state index contributed by atoms with van der Waals surface area (Å²) in [4.78, 5) is 39.8. The molecule has 7 nitrogen and oxygen atoms in total. The average Bonchev–Trinajstić information content (AvgIpc) is 2.78. The van der Waals surface area contributed by atoms with Gasteiger partial charge < -0.3 is 19.3 Å². The van der Waals surface area contributed by atoms with Crippen molar-refractivity contribution < 1.29 is 23.9 Å². The summed E-state index contributed by atoms with van der Waals surface area (Å²) in [5.41, 5.74) is 1.38. The highest BCUT2D eigenvalue weighted by molar-refractivity contribution is 6.40. The monoisotopic (exact) mass is 396 g/mol. The number of rotatable bonds is 7. The fourth-order valence-electron chi connectivity index (χ4n) is 3.11. The van der Waals surface area contributed by atoms with Crippen molar-refractivity contribution in [3.8, 4) is 5.75 Å². The molecule has 0 radical (unpaired) electrons. The summed E-state index contributed by atoms with van der Waals surface area (Å²) in [7, 11) is 0. The van der Waals surface area contributed by atoms with Gasteiger partial charge in [0.2, 0.25) is 0 Å². The van der Waals surface area contributed by atoms with E-state index in [-0.39, 0.29) is 24.7 Å². The molecule has 1 fully saturated rings. The first-order chi connectivity index (χ1) is 14.1. The summed E-state index contributed by atoms with van der Waals surface area (Å²) >= 11 is 0. The number of carbonyl (C=O) groups excluding carboxylic acids is 3. The van der Waals surface area contributed by atoms with Gasteiger partial charge in [-0.1, -0.05) is 18.2 Å². The summed E-state index contributed by atoms with van der Waals surface area (Å²) in [6.45, 7) is 4.56. The van der Waals surface area contributed by atoms with Gasteiger partial charge in [0, 0.05) is 37.4 Å². The van der Waals surface area contributed by atoms with E-state index in [2.05, 4.69) is 17.0 Å². The molecule has 7 heteroatoms. The lowest BCUT2D eigenvalue weighted by molar-refractivity contribution is -0.137. The molecule has 2 aromatic carbocycles. The molecule has 0 bridgehead atoms. The molecule has 0 N–H and O–H groups in total. The average molecular weight is 396 g/mol. The van der Waals surface area contributed by atoms with Gasteiger partial charge in [-0.25, -0.2) is 4.79 Å². The van der Waals surface area contributed by atoms with E-state index < -0.39 is 11.8 Å². The quantitative estimate of drug-likeness (QED) is 0.406. The maximum Gasteiger partial charge on any atom is 0.379 e. The summed E-state index contributed by atoms with van der Waals surface area (Å²) in [5, 5.41) is 0. The molecular formula is C22H24N2O5. The zero-order valence-electron chi connectivity index (χ0n) is 16.4. The van der Waals surface area contributed by atoms with Gasteiger partial charge in [-0.15, -0.1) is 0 Å². The number of hydrogen-bond donors (Lipinski definition) is 0. The van der Waals surface area contributed by atoms with Crippen LogP contribution in [0.5, 0.6) is 5.75 Å². The Hall–Kier alpha value is -3.35. The van der Waals surface area contributed by atoms with Crippen LogP contribution in [0.15, 0.2) is 54.6 Å². The molecule has 1 saturated heterocycles. The summed E-state index contributed by atoms with van der Waals surface area (Å²) in [5.74, 6) is -1.21. The highest BCUT2D eigenvalue weighted by Gasteiger charge is 2.22. The van der Waals surface area contributed by atoms with E-state index in [0.717, 1.165) is 18.8 Å². The van der Waals surface area contributed by atoms with Crippen LogP contribution in [0.1, 0.15) is 17.3 Å². The van der Waals surface area contributed by atoms with E-state index in [1.165, 1.54) is 12.1 Å². The second-order valence-electron chi connectivity index (χ2n) is 6.57. The molecule has 1 amide bonds. The third-order valence-electron chi connectivity index (χ3n) is 4.69. The number of ketones is 1. The number of para-hydroxylation sites is 1. The van der Waals surface area contributed by atoms with Gasteiger partial charge in [0.1, 0.15) is 5.75 Å². The number of piperazine rings is 1. The molecule has 29 heavy (non-hydrogen) atoms. The largest absolute Gasteiger partial charge is 0.484 e. The normalized spacial score (nSPS) is 13.7. The molecule has 0 saturated carbocycles. The molecule has 1 aliphatic rings. The summed E-state index contributed by atoms with van der Waals surface area (Å²) < 4.78 is 10.2. The van der Waals surface area contributed by atoms with Crippen LogP contribution in [-0.2, 0) is 14.3 Å². The van der Waals surface area contributed by atoms with Crippen molar-refractivity contribution in [2.45, 2.75) is 6.92 Å². The molecule has 3 rings (SSSR count). The number of hydrogen-bond acceptors (Lipinski definition) is 6. The zero-order valence-corrected chi connectivity index (χ0v) is 16.4. The first kappa shape index (κ1) is 20.4. The van der Waals surface area contributed by atoms with Crippen LogP contribution in [0.2, 0.25) is 0 Å². The zero-order chi connectivity index (χ0) is 20.6. The van der Waals surface area contributed by atoms with Crippen molar-refractivity contribution in [3.63, 3.8) is 0 Å². The Labute approximate surface area is 169 Å². The fourth-order valence-corrected chi connectivity index (χ4v) is 3.11. The molecule has 0 aromatic heterocycles. The number of nitrogens with zero attached hydrogens (tertiary/aromatic N) is 2. The van der Waals surface area contributed by atoms with Gasteiger partial charge >= 0.3 is 5.97 Å². The highest BCUT2D eigenvalue weighted by atomic mass is 16.5. The van der Waals surface area contributed by atoms with E-state index in [4.69, 9.17) is 9.47 Å². The predicted molar refractivity (Wildman–Crippen MR) is 108 cm³/mol. The molecule has 0 aliphatic carbocycles. The van der Waals surface area contributed by atoms with E-state index in [1.807, 2.05) is 18.2 Å². The first-order valence-electron chi connectivity index (χ1n) is 9.60. The molecule has 0 atom stereocenters. The minimum absolute atomic E-state index is 0.0729. The van der Waals surface area contributed by atoms with Gasteiger partial charge in [-0.2, -0.15) is 0 Å². The molecule has 1 aliphatic heterocycles. The maximum atomic E-state index is 12.4. The molecule has 0 unspecified atom stereocenters. The molecule has 0 spiro atoms. The standard InChI is InChI=1S/C22H24N2O5/c1-2-28-22(27)21(26)17-8-10-19(11-9-17)29-16-20(25)24-14-12-23(13-15-24)18-6-4-3-5-7-18/h3-11H,2,12-16H2,1H3. The van der Waals surface area contributed by atoms with Gasteiger partial charge in [0.15, 0.2) is 6.61 Å². The van der Waals surface area contributed by atoms with E-state index in [0.29, 0.717) is 18.8 Å². The van der Waals surface area contributed by atoms with E-state index in [1.54, 1.807) is 24.0 Å². The third-order valence-corrected chi connectivity index (χ3v) is 4.69. The van der Waals surface area contributed by atoms with Gasteiger partial charge in [0.05, 0.1) is 6.61 Å². The lowest BCUT2D eigenvalue weighted by atomic mass is 10.1. The molecule has 2 aromatic rings. The smallest absolute Gasteiger partial charge is 0.379 e. The van der Waals surface area contributed by atoms with Crippen LogP contribution in [0.3, 0.4) is 0 Å².